The molecule has 0 bridgehead atoms. The molecule has 0 atom stereocenters. The van der Waals surface area contributed by atoms with Crippen molar-refractivity contribution in [1.29, 1.82) is 0 Å². The third kappa shape index (κ3) is 3.28. The van der Waals surface area contributed by atoms with Crippen LogP contribution >= 0.6 is 0 Å². The second kappa shape index (κ2) is 7.44. The van der Waals surface area contributed by atoms with Crippen molar-refractivity contribution >= 4 is 11.9 Å². The van der Waals surface area contributed by atoms with E-state index in [4.69, 9.17) is 9.15 Å². The van der Waals surface area contributed by atoms with Gasteiger partial charge in [-0.25, -0.2) is 4.79 Å². The molecule has 0 unspecified atom stereocenters. The molecule has 1 saturated carbocycles. The van der Waals surface area contributed by atoms with Crippen molar-refractivity contribution in [3.05, 3.63) is 71.2 Å². The van der Waals surface area contributed by atoms with Crippen molar-refractivity contribution in [1.82, 2.24) is 0 Å². The molecule has 4 rings (SSSR count). The zero-order valence-electron chi connectivity index (χ0n) is 16.7. The Morgan fingerprint density at radius 2 is 1.57 bits per heavy atom. The number of carbonyl (C=O) groups excluding carboxylic acids is 1. The van der Waals surface area contributed by atoms with E-state index in [2.05, 4.69) is 0 Å². The maximum atomic E-state index is 13.8. The lowest BCUT2D eigenvalue weighted by Crippen LogP contribution is -2.23. The Morgan fingerprint density at radius 3 is 2.07 bits per heavy atom. The van der Waals surface area contributed by atoms with Gasteiger partial charge in [0.15, 0.2) is 5.76 Å². The van der Waals surface area contributed by atoms with E-state index in [1.165, 1.54) is 6.92 Å². The fourth-order valence-corrected chi connectivity index (χ4v) is 3.75. The first kappa shape index (κ1) is 19.9. The van der Waals surface area contributed by atoms with Crippen LogP contribution in [0.15, 0.2) is 52.9 Å². The monoisotopic (exact) mass is 408 g/mol. The van der Waals surface area contributed by atoms with Crippen LogP contribution in [0.25, 0.3) is 22.5 Å². The van der Waals surface area contributed by atoms with Crippen LogP contribution in [0.5, 0.6) is 0 Å². The molecular formula is C24H21FO5. The predicted octanol–water partition coefficient (Wildman–Crippen LogP) is 5.35. The zero-order valence-corrected chi connectivity index (χ0v) is 16.7. The summed E-state index contributed by atoms with van der Waals surface area (Å²) in [4.78, 5) is 23.7. The largest absolute Gasteiger partial charge is 0.478 e. The van der Waals surface area contributed by atoms with Crippen LogP contribution < -0.4 is 0 Å². The van der Waals surface area contributed by atoms with Crippen molar-refractivity contribution in [3.63, 3.8) is 0 Å². The molecular weight excluding hydrogens is 387 g/mol. The number of halogens is 1. The molecule has 1 fully saturated rings. The highest BCUT2D eigenvalue weighted by atomic mass is 19.1. The summed E-state index contributed by atoms with van der Waals surface area (Å²) in [7, 11) is 0. The zero-order chi connectivity index (χ0) is 21.5. The molecule has 3 aromatic rings. The summed E-state index contributed by atoms with van der Waals surface area (Å²) in [6.07, 6.45) is 1.59. The Morgan fingerprint density at radius 1 is 1.03 bits per heavy atom. The van der Waals surface area contributed by atoms with Gasteiger partial charge in [-0.2, -0.15) is 4.39 Å². The van der Waals surface area contributed by atoms with E-state index < -0.39 is 17.4 Å². The summed E-state index contributed by atoms with van der Waals surface area (Å²) in [6.45, 7) is 3.55. The van der Waals surface area contributed by atoms with Crippen LogP contribution in [0, 0.1) is 12.9 Å². The molecule has 0 aliphatic heterocycles. The van der Waals surface area contributed by atoms with E-state index in [-0.39, 0.29) is 22.9 Å². The number of ether oxygens (including phenoxy) is 1. The van der Waals surface area contributed by atoms with Crippen molar-refractivity contribution in [2.45, 2.75) is 32.1 Å². The first-order chi connectivity index (χ1) is 14.4. The third-order valence-corrected chi connectivity index (χ3v) is 5.64. The van der Waals surface area contributed by atoms with Gasteiger partial charge in [0.05, 0.1) is 12.0 Å². The molecule has 1 aliphatic rings. The highest BCUT2D eigenvalue weighted by Gasteiger charge is 2.52. The molecule has 30 heavy (non-hydrogen) atoms. The summed E-state index contributed by atoms with van der Waals surface area (Å²) >= 11 is 0. The molecule has 0 saturated heterocycles. The lowest BCUT2D eigenvalue weighted by atomic mass is 9.93. The van der Waals surface area contributed by atoms with Gasteiger partial charge in [-0.05, 0) is 43.4 Å². The van der Waals surface area contributed by atoms with E-state index in [9.17, 15) is 19.1 Å². The number of hydrogen-bond acceptors (Lipinski definition) is 4. The standard InChI is InChI=1S/C24H21FO5/c1-3-29-23(28)24(12-13-24)18-10-8-16(9-11-18)15-4-6-17(7-5-15)20-19(22(26)27)14(2)21(25)30-20/h4-11H,3,12-13H2,1-2H3,(H,26,27). The Kier molecular flexibility index (Phi) is 4.94. The average Bonchev–Trinajstić information content (AvgIpc) is 3.50. The van der Waals surface area contributed by atoms with Crippen LogP contribution in [0.2, 0.25) is 0 Å². The average molecular weight is 408 g/mol. The maximum Gasteiger partial charge on any atom is 0.340 e. The highest BCUT2D eigenvalue weighted by Crippen LogP contribution is 2.49. The van der Waals surface area contributed by atoms with Gasteiger partial charge in [-0.15, -0.1) is 0 Å². The second-order valence-electron chi connectivity index (χ2n) is 7.47. The highest BCUT2D eigenvalue weighted by molar-refractivity contribution is 5.96. The topological polar surface area (TPSA) is 76.7 Å². The molecule has 6 heteroatoms. The number of hydrogen-bond donors (Lipinski definition) is 1. The minimum absolute atomic E-state index is 0.00418. The van der Waals surface area contributed by atoms with E-state index in [1.54, 1.807) is 19.1 Å². The molecule has 2 aromatic carbocycles. The molecule has 1 heterocycles. The minimum Gasteiger partial charge on any atom is -0.478 e. The molecule has 1 aromatic heterocycles. The number of rotatable bonds is 6. The van der Waals surface area contributed by atoms with Gasteiger partial charge in [-0.1, -0.05) is 48.5 Å². The quantitative estimate of drug-likeness (QED) is 0.556. The Balaban J connectivity index is 1.59. The molecule has 5 nitrogen and oxygen atoms in total. The molecule has 0 spiro atoms. The van der Waals surface area contributed by atoms with Crippen LogP contribution in [0.3, 0.4) is 0 Å². The minimum atomic E-state index is -1.23. The van der Waals surface area contributed by atoms with Crippen molar-refractivity contribution in [2.24, 2.45) is 0 Å². The van der Waals surface area contributed by atoms with Gasteiger partial charge >= 0.3 is 11.9 Å². The fourth-order valence-electron chi connectivity index (χ4n) is 3.75. The number of furan rings is 1. The van der Waals surface area contributed by atoms with Gasteiger partial charge in [-0.3, -0.25) is 4.79 Å². The number of aromatic carboxylic acids is 1. The van der Waals surface area contributed by atoms with E-state index in [1.807, 2.05) is 36.4 Å². The summed E-state index contributed by atoms with van der Waals surface area (Å²) in [5, 5.41) is 9.36. The first-order valence-corrected chi connectivity index (χ1v) is 9.78. The van der Waals surface area contributed by atoms with Gasteiger partial charge in [0.2, 0.25) is 0 Å². The van der Waals surface area contributed by atoms with E-state index in [0.717, 1.165) is 29.5 Å². The van der Waals surface area contributed by atoms with Crippen molar-refractivity contribution < 1.29 is 28.2 Å². The van der Waals surface area contributed by atoms with Crippen LogP contribution in [0.1, 0.15) is 41.3 Å². The number of carboxylic acid groups (broad SMARTS) is 1. The number of benzene rings is 2. The van der Waals surface area contributed by atoms with Gasteiger partial charge in [0, 0.05) is 11.1 Å². The third-order valence-electron chi connectivity index (χ3n) is 5.64. The van der Waals surface area contributed by atoms with Gasteiger partial charge in [0.25, 0.3) is 6.01 Å². The predicted molar refractivity (Wildman–Crippen MR) is 109 cm³/mol. The normalized spacial score (nSPS) is 14.4. The lowest BCUT2D eigenvalue weighted by Gasteiger charge is -2.14. The van der Waals surface area contributed by atoms with E-state index >= 15 is 0 Å². The summed E-state index contributed by atoms with van der Waals surface area (Å²) in [5.41, 5.74) is 2.60. The van der Waals surface area contributed by atoms with Crippen molar-refractivity contribution in [3.8, 4) is 22.5 Å². The summed E-state index contributed by atoms with van der Waals surface area (Å²) in [6, 6.07) is 13.9. The first-order valence-electron chi connectivity index (χ1n) is 9.78. The summed E-state index contributed by atoms with van der Waals surface area (Å²) in [5.74, 6) is -1.40. The molecule has 0 radical (unpaired) electrons. The number of carbonyl (C=O) groups is 2. The van der Waals surface area contributed by atoms with Crippen LogP contribution in [-0.2, 0) is 14.9 Å². The smallest absolute Gasteiger partial charge is 0.340 e. The van der Waals surface area contributed by atoms with Crippen LogP contribution in [-0.4, -0.2) is 23.7 Å². The molecule has 1 aliphatic carbocycles. The SMILES string of the molecule is CCOC(=O)C1(c2ccc(-c3ccc(-c4oc(F)c(C)c4C(=O)O)cc3)cc2)CC1. The Bertz CT molecular complexity index is 1110. The lowest BCUT2D eigenvalue weighted by molar-refractivity contribution is -0.146. The molecule has 1 N–H and O–H groups in total. The van der Waals surface area contributed by atoms with Gasteiger partial charge < -0.3 is 14.3 Å². The second-order valence-corrected chi connectivity index (χ2v) is 7.47. The Labute approximate surface area is 173 Å². The summed E-state index contributed by atoms with van der Waals surface area (Å²) < 4.78 is 24.0. The van der Waals surface area contributed by atoms with Crippen molar-refractivity contribution in [2.75, 3.05) is 6.61 Å². The van der Waals surface area contributed by atoms with Crippen LogP contribution in [0.4, 0.5) is 4.39 Å². The maximum absolute atomic E-state index is 13.8. The number of carboxylic acids is 1. The molecule has 154 valence electrons. The molecule has 0 amide bonds. The number of esters is 1. The fraction of sp³-hybridized carbons (Fsp3) is 0.250. The Hall–Kier alpha value is -3.41. The van der Waals surface area contributed by atoms with Gasteiger partial charge in [0.1, 0.15) is 5.56 Å². The van der Waals surface area contributed by atoms with E-state index in [0.29, 0.717) is 12.2 Å².